The van der Waals surface area contributed by atoms with Gasteiger partial charge in [-0.2, -0.15) is 0 Å². The number of ketones is 1. The number of Topliss-reactive ketones (excluding diaryl/α,β-unsaturated/α-hetero) is 1. The number of nitrogen functional groups attached to an aromatic ring is 1. The van der Waals surface area contributed by atoms with E-state index < -0.39 is 0 Å². The van der Waals surface area contributed by atoms with Crippen molar-refractivity contribution in [2.45, 2.75) is 25.7 Å². The maximum absolute atomic E-state index is 11.3. The molecule has 5 nitrogen and oxygen atoms in total. The molecule has 5 heteroatoms. The normalized spacial score (nSPS) is 15.0. The largest absolute Gasteiger partial charge is 0.507 e. The summed E-state index contributed by atoms with van der Waals surface area (Å²) in [5.41, 5.74) is 7.56. The maximum Gasteiger partial charge on any atom is 0.161 e. The molecular formula is C18H17N3O2. The van der Waals surface area contributed by atoms with Crippen LogP contribution in [-0.4, -0.2) is 21.1 Å². The van der Waals surface area contributed by atoms with Gasteiger partial charge in [-0.15, -0.1) is 10.2 Å². The summed E-state index contributed by atoms with van der Waals surface area (Å²) in [4.78, 5) is 11.3. The highest BCUT2D eigenvalue weighted by atomic mass is 16.3. The minimum Gasteiger partial charge on any atom is -0.507 e. The molecule has 3 rings (SSSR count). The van der Waals surface area contributed by atoms with Crippen molar-refractivity contribution in [1.29, 1.82) is 0 Å². The van der Waals surface area contributed by atoms with E-state index in [1.165, 1.54) is 0 Å². The second-order valence-corrected chi connectivity index (χ2v) is 5.63. The predicted molar refractivity (Wildman–Crippen MR) is 87.4 cm³/mol. The van der Waals surface area contributed by atoms with E-state index in [-0.39, 0.29) is 17.5 Å². The van der Waals surface area contributed by atoms with Gasteiger partial charge in [0, 0.05) is 24.3 Å². The Labute approximate surface area is 134 Å². The molecular weight excluding hydrogens is 290 g/mol. The van der Waals surface area contributed by atoms with Crippen LogP contribution in [0.15, 0.2) is 30.3 Å². The first-order chi connectivity index (χ1) is 11.1. The van der Waals surface area contributed by atoms with Gasteiger partial charge >= 0.3 is 0 Å². The molecule has 0 aliphatic heterocycles. The van der Waals surface area contributed by atoms with Crippen molar-refractivity contribution >= 4 is 11.6 Å². The lowest BCUT2D eigenvalue weighted by molar-refractivity contribution is -0.120. The third kappa shape index (κ3) is 3.49. The first-order valence-electron chi connectivity index (χ1n) is 7.58. The zero-order valence-corrected chi connectivity index (χ0v) is 12.6. The molecule has 0 bridgehead atoms. The van der Waals surface area contributed by atoms with Crippen molar-refractivity contribution in [1.82, 2.24) is 10.2 Å². The third-order valence-electron chi connectivity index (χ3n) is 3.96. The van der Waals surface area contributed by atoms with Crippen molar-refractivity contribution in [2.24, 2.45) is 5.92 Å². The number of carbonyl (C=O) groups excluding carboxylic acids is 1. The van der Waals surface area contributed by atoms with E-state index in [0.717, 1.165) is 12.8 Å². The molecule has 0 amide bonds. The van der Waals surface area contributed by atoms with Crippen molar-refractivity contribution in [3.8, 4) is 28.8 Å². The summed E-state index contributed by atoms with van der Waals surface area (Å²) < 4.78 is 0. The second kappa shape index (κ2) is 6.49. The van der Waals surface area contributed by atoms with Crippen molar-refractivity contribution < 1.29 is 9.90 Å². The monoisotopic (exact) mass is 307 g/mol. The number of phenols is 1. The quantitative estimate of drug-likeness (QED) is 0.790. The van der Waals surface area contributed by atoms with Gasteiger partial charge in [-0.3, -0.25) is 4.79 Å². The van der Waals surface area contributed by atoms with E-state index in [1.807, 2.05) is 6.07 Å². The second-order valence-electron chi connectivity index (χ2n) is 5.63. The lowest BCUT2D eigenvalue weighted by Crippen LogP contribution is -2.12. The van der Waals surface area contributed by atoms with Gasteiger partial charge in [0.1, 0.15) is 11.5 Å². The number of hydrogen-bond donors (Lipinski definition) is 2. The molecule has 1 aromatic heterocycles. The molecule has 116 valence electrons. The minimum atomic E-state index is 0.135. The molecule has 1 aliphatic carbocycles. The number of rotatable bonds is 1. The molecule has 1 fully saturated rings. The molecule has 2 aromatic rings. The number of hydrogen-bond acceptors (Lipinski definition) is 5. The molecule has 23 heavy (non-hydrogen) atoms. The molecule has 1 heterocycles. The van der Waals surface area contributed by atoms with Crippen LogP contribution in [0.1, 0.15) is 31.2 Å². The molecule has 0 radical (unpaired) electrons. The molecule has 0 atom stereocenters. The Morgan fingerprint density at radius 1 is 1.17 bits per heavy atom. The van der Waals surface area contributed by atoms with E-state index in [0.29, 0.717) is 35.4 Å². The summed E-state index contributed by atoms with van der Waals surface area (Å²) in [5.74, 6) is 7.17. The predicted octanol–water partition coefficient (Wildman–Crippen LogP) is 2.54. The van der Waals surface area contributed by atoms with E-state index in [2.05, 4.69) is 22.0 Å². The average Bonchev–Trinajstić information content (AvgIpc) is 2.56. The standard InChI is InChI=1S/C18H17N3O2/c19-18-13(8-5-12-6-9-14(22)10-7-12)11-16(20-21-18)15-3-1-2-4-17(15)23/h1-4,11-12,23H,6-7,9-10H2,(H2,19,21). The topological polar surface area (TPSA) is 89.1 Å². The van der Waals surface area contributed by atoms with Crippen LogP contribution >= 0.6 is 0 Å². The van der Waals surface area contributed by atoms with Gasteiger partial charge < -0.3 is 10.8 Å². The Morgan fingerprint density at radius 2 is 1.91 bits per heavy atom. The van der Waals surface area contributed by atoms with Crippen LogP contribution in [0, 0.1) is 17.8 Å². The molecule has 1 saturated carbocycles. The van der Waals surface area contributed by atoms with Crippen LogP contribution in [0.5, 0.6) is 5.75 Å². The Morgan fingerprint density at radius 3 is 2.65 bits per heavy atom. The van der Waals surface area contributed by atoms with Gasteiger partial charge in [0.05, 0.1) is 11.3 Å². The number of para-hydroxylation sites is 1. The summed E-state index contributed by atoms with van der Waals surface area (Å²) in [6.45, 7) is 0. The van der Waals surface area contributed by atoms with Crippen LogP contribution < -0.4 is 5.73 Å². The number of nitrogens with two attached hydrogens (primary N) is 1. The molecule has 1 aromatic carbocycles. The van der Waals surface area contributed by atoms with Crippen LogP contribution in [-0.2, 0) is 4.79 Å². The van der Waals surface area contributed by atoms with E-state index in [9.17, 15) is 9.90 Å². The van der Waals surface area contributed by atoms with Crippen molar-refractivity contribution in [3.63, 3.8) is 0 Å². The number of nitrogens with zero attached hydrogens (tertiary/aromatic N) is 2. The van der Waals surface area contributed by atoms with Gasteiger partial charge in [0.2, 0.25) is 0 Å². The fourth-order valence-electron chi connectivity index (χ4n) is 2.59. The zero-order valence-electron chi connectivity index (χ0n) is 12.6. The van der Waals surface area contributed by atoms with Crippen LogP contribution in [0.3, 0.4) is 0 Å². The number of aromatic hydroxyl groups is 1. The summed E-state index contributed by atoms with van der Waals surface area (Å²) in [7, 11) is 0. The fourth-order valence-corrected chi connectivity index (χ4v) is 2.59. The summed E-state index contributed by atoms with van der Waals surface area (Å²) in [6, 6.07) is 8.65. The third-order valence-corrected chi connectivity index (χ3v) is 3.96. The number of anilines is 1. The number of benzene rings is 1. The van der Waals surface area contributed by atoms with Crippen LogP contribution in [0.4, 0.5) is 5.82 Å². The average molecular weight is 307 g/mol. The van der Waals surface area contributed by atoms with E-state index >= 15 is 0 Å². The first-order valence-corrected chi connectivity index (χ1v) is 7.58. The lowest BCUT2D eigenvalue weighted by atomic mass is 9.89. The van der Waals surface area contributed by atoms with Crippen molar-refractivity contribution in [2.75, 3.05) is 5.73 Å². The molecule has 0 saturated heterocycles. The Balaban J connectivity index is 1.87. The van der Waals surface area contributed by atoms with Gasteiger partial charge in [-0.05, 0) is 31.0 Å². The van der Waals surface area contributed by atoms with Gasteiger partial charge in [0.15, 0.2) is 5.82 Å². The van der Waals surface area contributed by atoms with E-state index in [1.54, 1.807) is 24.3 Å². The van der Waals surface area contributed by atoms with Gasteiger partial charge in [0.25, 0.3) is 0 Å². The Bertz CT molecular complexity index is 795. The summed E-state index contributed by atoms with van der Waals surface area (Å²) >= 11 is 0. The van der Waals surface area contributed by atoms with Crippen LogP contribution in [0.25, 0.3) is 11.3 Å². The van der Waals surface area contributed by atoms with Gasteiger partial charge in [-0.25, -0.2) is 0 Å². The van der Waals surface area contributed by atoms with Crippen LogP contribution in [0.2, 0.25) is 0 Å². The summed E-state index contributed by atoms with van der Waals surface area (Å²) in [5, 5.41) is 17.9. The summed E-state index contributed by atoms with van der Waals surface area (Å²) in [6.07, 6.45) is 2.81. The zero-order chi connectivity index (χ0) is 16.2. The highest BCUT2D eigenvalue weighted by Crippen LogP contribution is 2.28. The highest BCUT2D eigenvalue weighted by molar-refractivity contribution is 5.79. The van der Waals surface area contributed by atoms with E-state index in [4.69, 9.17) is 5.73 Å². The number of aromatic nitrogens is 2. The molecule has 1 aliphatic rings. The molecule has 0 unspecified atom stereocenters. The van der Waals surface area contributed by atoms with Gasteiger partial charge in [-0.1, -0.05) is 24.0 Å². The molecule has 3 N–H and O–H groups in total. The highest BCUT2D eigenvalue weighted by Gasteiger charge is 2.16. The Hall–Kier alpha value is -2.87. The number of carbonyl (C=O) groups is 1. The lowest BCUT2D eigenvalue weighted by Gasteiger charge is -2.14. The Kier molecular flexibility index (Phi) is 4.24. The maximum atomic E-state index is 11.3. The molecule has 0 spiro atoms. The number of phenolic OH excluding ortho intramolecular Hbond substituents is 1. The fraction of sp³-hybridized carbons (Fsp3) is 0.278. The smallest absolute Gasteiger partial charge is 0.161 e. The SMILES string of the molecule is Nc1nnc(-c2ccccc2O)cc1C#CC1CCC(=O)CC1. The van der Waals surface area contributed by atoms with Crippen molar-refractivity contribution in [3.05, 3.63) is 35.9 Å². The minimum absolute atomic E-state index is 0.135. The first kappa shape index (κ1) is 15.0.